The minimum atomic E-state index is 0.159. The van der Waals surface area contributed by atoms with Gasteiger partial charge in [0.05, 0.1) is 10.2 Å². The third-order valence-corrected chi connectivity index (χ3v) is 2.62. The number of benzene rings is 1. The highest BCUT2D eigenvalue weighted by Crippen LogP contribution is 2.36. The molecule has 1 aromatic carbocycles. The molecule has 1 rings (SSSR count). The van der Waals surface area contributed by atoms with E-state index in [-0.39, 0.29) is 5.41 Å². The number of hydrogen-bond acceptors (Lipinski definition) is 2. The van der Waals surface area contributed by atoms with Crippen molar-refractivity contribution in [2.24, 2.45) is 5.41 Å². The van der Waals surface area contributed by atoms with Crippen LogP contribution in [-0.4, -0.2) is 5.11 Å². The molecule has 0 aliphatic heterocycles. The summed E-state index contributed by atoms with van der Waals surface area (Å²) in [4.78, 5) is 0. The molecule has 0 aliphatic carbocycles. The predicted molar refractivity (Wildman–Crippen MR) is 84.5 cm³/mol. The normalized spacial score (nSPS) is 11.7. The van der Waals surface area contributed by atoms with Crippen molar-refractivity contribution < 1.29 is 5.11 Å². The van der Waals surface area contributed by atoms with E-state index in [0.717, 1.165) is 6.42 Å². The van der Waals surface area contributed by atoms with Gasteiger partial charge in [0, 0.05) is 0 Å². The number of phenols is 1. The van der Waals surface area contributed by atoms with Crippen LogP contribution in [0.25, 0.3) is 0 Å². The summed E-state index contributed by atoms with van der Waals surface area (Å²) < 4.78 is 0. The second kappa shape index (κ2) is 7.52. The Bertz CT molecular complexity index is 342. The van der Waals surface area contributed by atoms with Crippen molar-refractivity contribution in [3.8, 4) is 5.75 Å². The lowest BCUT2D eigenvalue weighted by atomic mass is 9.72. The van der Waals surface area contributed by atoms with E-state index in [2.05, 4.69) is 56.0 Å². The fraction of sp³-hybridized carbons (Fsp3) is 0.571. The summed E-state index contributed by atoms with van der Waals surface area (Å²) >= 11 is 0. The van der Waals surface area contributed by atoms with E-state index in [0.29, 0.717) is 21.4 Å². The molecular weight excluding hydrogens is 287 g/mol. The fourth-order valence-electron chi connectivity index (χ4n) is 2.34. The average molecular weight is 309 g/mol. The highest BCUT2D eigenvalue weighted by molar-refractivity contribution is 8.38. The van der Waals surface area contributed by atoms with Gasteiger partial charge in [-0.1, -0.05) is 46.8 Å². The monoisotopic (exact) mass is 308 g/mol. The van der Waals surface area contributed by atoms with Gasteiger partial charge in [0.1, 0.15) is 5.75 Å². The summed E-state index contributed by atoms with van der Waals surface area (Å²) in [6.07, 6.45) is 1.13. The van der Waals surface area contributed by atoms with Crippen molar-refractivity contribution in [1.82, 2.24) is 0 Å². The van der Waals surface area contributed by atoms with Crippen molar-refractivity contribution in [2.45, 2.75) is 46.5 Å². The van der Waals surface area contributed by atoms with Crippen LogP contribution in [0.5, 0.6) is 5.75 Å². The molecule has 1 aromatic rings. The number of rotatable bonds is 2. The quantitative estimate of drug-likeness (QED) is 0.708. The van der Waals surface area contributed by atoms with Crippen LogP contribution in [0.1, 0.15) is 46.6 Å². The Hall–Kier alpha value is -0.0500. The van der Waals surface area contributed by atoms with E-state index in [4.69, 9.17) is 0 Å². The molecule has 0 fully saturated rings. The summed E-state index contributed by atoms with van der Waals surface area (Å²) in [5.74, 6) is 0.338. The molecule has 0 radical (unpaired) electrons. The van der Waals surface area contributed by atoms with Gasteiger partial charge in [-0.15, -0.1) is 0 Å². The van der Waals surface area contributed by atoms with Crippen LogP contribution in [-0.2, 0) is 5.41 Å². The van der Waals surface area contributed by atoms with Crippen LogP contribution >= 0.6 is 31.6 Å². The van der Waals surface area contributed by atoms with Crippen molar-refractivity contribution in [3.63, 3.8) is 0 Å². The fourth-order valence-corrected chi connectivity index (χ4v) is 2.34. The first-order valence-electron chi connectivity index (χ1n) is 5.81. The van der Waals surface area contributed by atoms with Gasteiger partial charge in [0.2, 0.25) is 0 Å². The smallest absolute Gasteiger partial charge is 0.115 e. The zero-order valence-corrected chi connectivity index (χ0v) is 14.0. The van der Waals surface area contributed by atoms with E-state index >= 15 is 0 Å². The van der Waals surface area contributed by atoms with Crippen molar-refractivity contribution in [1.29, 1.82) is 0 Å². The first-order chi connectivity index (χ1) is 8.12. The molecule has 0 aromatic heterocycles. The van der Waals surface area contributed by atoms with E-state index in [9.17, 15) is 5.11 Å². The van der Waals surface area contributed by atoms with Gasteiger partial charge >= 0.3 is 0 Å². The number of hydrogen-bond donors (Lipinski definition) is 1. The minimum Gasteiger partial charge on any atom is -0.508 e. The molecule has 4 heteroatoms. The Morgan fingerprint density at radius 1 is 1.00 bits per heavy atom. The lowest BCUT2D eigenvalue weighted by Gasteiger charge is -2.33. The van der Waals surface area contributed by atoms with Gasteiger partial charge in [-0.2, -0.15) is 0 Å². The van der Waals surface area contributed by atoms with Gasteiger partial charge in [0.25, 0.3) is 0 Å². The van der Waals surface area contributed by atoms with Crippen LogP contribution in [0.3, 0.4) is 0 Å². The first-order valence-corrected chi connectivity index (χ1v) is 8.28. The average Bonchev–Trinajstić information content (AvgIpc) is 2.15. The predicted octanol–water partition coefficient (Wildman–Crippen LogP) is 6.13. The largest absolute Gasteiger partial charge is 0.508 e. The first kappa shape index (κ1) is 17.9. The maximum atomic E-state index is 9.25. The molecule has 0 spiro atoms. The SMILES string of the molecule is CC(C)(C)CC(C)(C)c1ccc(O)cc1.ClSCl. The third kappa shape index (κ3) is 7.40. The molecule has 0 heterocycles. The molecule has 0 bridgehead atoms. The number of phenolic OH excluding ortho intramolecular Hbond substituents is 1. The lowest BCUT2D eigenvalue weighted by molar-refractivity contribution is 0.284. The number of aromatic hydroxyl groups is 1. The molecule has 0 amide bonds. The molecular formula is C14H22Cl2OS. The number of halogens is 2. The zero-order valence-electron chi connectivity index (χ0n) is 11.6. The van der Waals surface area contributed by atoms with Crippen molar-refractivity contribution in [2.75, 3.05) is 0 Å². The van der Waals surface area contributed by atoms with Crippen molar-refractivity contribution >= 4 is 31.6 Å². The highest BCUT2D eigenvalue weighted by Gasteiger charge is 2.26. The van der Waals surface area contributed by atoms with Gasteiger partial charge < -0.3 is 5.11 Å². The van der Waals surface area contributed by atoms with Crippen LogP contribution in [0.2, 0.25) is 0 Å². The van der Waals surface area contributed by atoms with E-state index in [1.54, 1.807) is 12.1 Å². The zero-order chi connectivity index (χ0) is 14.4. The second-order valence-electron chi connectivity index (χ2n) is 6.23. The van der Waals surface area contributed by atoms with Crippen LogP contribution < -0.4 is 0 Å². The summed E-state index contributed by atoms with van der Waals surface area (Å²) in [7, 11) is 10.1. The Labute approximate surface area is 124 Å². The maximum absolute atomic E-state index is 9.25. The second-order valence-corrected chi connectivity index (χ2v) is 7.74. The Kier molecular flexibility index (Phi) is 7.50. The van der Waals surface area contributed by atoms with E-state index in [1.807, 2.05) is 12.1 Å². The summed E-state index contributed by atoms with van der Waals surface area (Å²) in [5, 5.41) is 9.25. The lowest BCUT2D eigenvalue weighted by Crippen LogP contribution is -2.24. The molecule has 0 unspecified atom stereocenters. The van der Waals surface area contributed by atoms with Crippen LogP contribution in [0.4, 0.5) is 0 Å². The molecule has 1 N–H and O–H groups in total. The summed E-state index contributed by atoms with van der Waals surface area (Å²) in [5.41, 5.74) is 1.77. The molecule has 0 saturated heterocycles. The van der Waals surface area contributed by atoms with Crippen LogP contribution in [0.15, 0.2) is 24.3 Å². The minimum absolute atomic E-state index is 0.159. The Morgan fingerprint density at radius 3 is 1.72 bits per heavy atom. The molecule has 18 heavy (non-hydrogen) atoms. The van der Waals surface area contributed by atoms with Gasteiger partial charge in [-0.25, -0.2) is 0 Å². The van der Waals surface area contributed by atoms with Gasteiger partial charge in [-0.05, 0) is 56.3 Å². The Balaban J connectivity index is 0.000000873. The van der Waals surface area contributed by atoms with Crippen molar-refractivity contribution in [3.05, 3.63) is 29.8 Å². The maximum Gasteiger partial charge on any atom is 0.115 e. The van der Waals surface area contributed by atoms with E-state index < -0.39 is 0 Å². The van der Waals surface area contributed by atoms with Gasteiger partial charge in [0.15, 0.2) is 0 Å². The summed E-state index contributed by atoms with van der Waals surface area (Å²) in [6.45, 7) is 11.3. The van der Waals surface area contributed by atoms with Gasteiger partial charge in [-0.3, -0.25) is 0 Å². The highest BCUT2D eigenvalue weighted by atomic mass is 36.0. The summed E-state index contributed by atoms with van der Waals surface area (Å²) in [6, 6.07) is 7.56. The van der Waals surface area contributed by atoms with Crippen LogP contribution in [0, 0.1) is 5.41 Å². The Morgan fingerprint density at radius 2 is 1.39 bits per heavy atom. The standard InChI is InChI=1S/C14H22O.Cl2S/c1-13(2,3)10-14(4,5)11-6-8-12(15)9-7-11;1-3-2/h6-9,15H,10H2,1-5H3;. The molecule has 1 nitrogen and oxygen atoms in total. The third-order valence-electron chi connectivity index (χ3n) is 2.62. The van der Waals surface area contributed by atoms with E-state index in [1.165, 1.54) is 5.56 Å². The molecule has 0 saturated carbocycles. The molecule has 0 aliphatic rings. The molecule has 0 atom stereocenters. The molecule has 104 valence electrons. The topological polar surface area (TPSA) is 20.2 Å².